The van der Waals surface area contributed by atoms with Crippen LogP contribution in [0.15, 0.2) is 0 Å². The summed E-state index contributed by atoms with van der Waals surface area (Å²) in [6.07, 6.45) is 6.75. The molecule has 0 radical (unpaired) electrons. The molecule has 0 saturated carbocycles. The van der Waals surface area contributed by atoms with Crippen molar-refractivity contribution < 1.29 is 0 Å². The smallest absolute Gasteiger partial charge is 0.00411 e. The first-order chi connectivity index (χ1) is 6.16. The maximum absolute atomic E-state index is 3.57. The Balaban J connectivity index is 3.12. The SMILES string of the molecule is CCCCCCNC(C)CC(C)C. The van der Waals surface area contributed by atoms with Gasteiger partial charge in [-0.05, 0) is 32.2 Å². The van der Waals surface area contributed by atoms with Crippen LogP contribution in [-0.4, -0.2) is 12.6 Å². The van der Waals surface area contributed by atoms with Gasteiger partial charge in [0.25, 0.3) is 0 Å². The summed E-state index contributed by atoms with van der Waals surface area (Å²) in [5.74, 6) is 0.818. The van der Waals surface area contributed by atoms with Crippen molar-refractivity contribution in [1.82, 2.24) is 5.32 Å². The second-order valence-electron chi connectivity index (χ2n) is 4.55. The number of hydrogen-bond donors (Lipinski definition) is 1. The van der Waals surface area contributed by atoms with E-state index in [1.54, 1.807) is 0 Å². The van der Waals surface area contributed by atoms with E-state index in [9.17, 15) is 0 Å². The van der Waals surface area contributed by atoms with Crippen LogP contribution < -0.4 is 5.32 Å². The molecule has 0 aliphatic carbocycles. The summed E-state index contributed by atoms with van der Waals surface area (Å²) >= 11 is 0. The molecule has 0 aromatic heterocycles. The van der Waals surface area contributed by atoms with Crippen LogP contribution in [0.4, 0.5) is 0 Å². The van der Waals surface area contributed by atoms with Crippen LogP contribution in [0, 0.1) is 5.92 Å². The fourth-order valence-corrected chi connectivity index (χ4v) is 1.69. The van der Waals surface area contributed by atoms with E-state index >= 15 is 0 Å². The maximum Gasteiger partial charge on any atom is 0.00411 e. The van der Waals surface area contributed by atoms with E-state index in [0.717, 1.165) is 5.92 Å². The van der Waals surface area contributed by atoms with Gasteiger partial charge in [-0.25, -0.2) is 0 Å². The average molecular weight is 185 g/mol. The van der Waals surface area contributed by atoms with E-state index < -0.39 is 0 Å². The number of rotatable bonds is 8. The van der Waals surface area contributed by atoms with Crippen LogP contribution in [0.1, 0.15) is 59.8 Å². The molecule has 0 spiro atoms. The van der Waals surface area contributed by atoms with Crippen LogP contribution in [0.5, 0.6) is 0 Å². The van der Waals surface area contributed by atoms with Gasteiger partial charge in [-0.2, -0.15) is 0 Å². The molecule has 0 aromatic rings. The van der Waals surface area contributed by atoms with Gasteiger partial charge in [0.05, 0.1) is 0 Å². The van der Waals surface area contributed by atoms with Gasteiger partial charge in [0, 0.05) is 6.04 Å². The van der Waals surface area contributed by atoms with Crippen LogP contribution in [-0.2, 0) is 0 Å². The minimum atomic E-state index is 0.696. The molecule has 0 aliphatic heterocycles. The van der Waals surface area contributed by atoms with Crippen LogP contribution >= 0.6 is 0 Å². The molecule has 0 aliphatic rings. The maximum atomic E-state index is 3.57. The predicted molar refractivity (Wildman–Crippen MR) is 61.1 cm³/mol. The lowest BCUT2D eigenvalue weighted by Gasteiger charge is -2.15. The van der Waals surface area contributed by atoms with Gasteiger partial charge in [0.1, 0.15) is 0 Å². The first kappa shape index (κ1) is 13.0. The molecular weight excluding hydrogens is 158 g/mol. The molecule has 0 amide bonds. The molecular formula is C12H27N. The summed E-state index contributed by atoms with van der Waals surface area (Å²) in [5, 5.41) is 3.57. The van der Waals surface area contributed by atoms with Crippen molar-refractivity contribution in [2.75, 3.05) is 6.54 Å². The Labute approximate surface area is 84.3 Å². The van der Waals surface area contributed by atoms with Gasteiger partial charge < -0.3 is 5.32 Å². The molecule has 1 atom stereocenters. The first-order valence-electron chi connectivity index (χ1n) is 5.90. The highest BCUT2D eigenvalue weighted by molar-refractivity contribution is 4.62. The Morgan fingerprint density at radius 3 is 2.23 bits per heavy atom. The van der Waals surface area contributed by atoms with E-state index in [4.69, 9.17) is 0 Å². The summed E-state index contributed by atoms with van der Waals surface area (Å²) in [6.45, 7) is 10.3. The zero-order chi connectivity index (χ0) is 10.1. The van der Waals surface area contributed by atoms with Crippen molar-refractivity contribution in [3.63, 3.8) is 0 Å². The third kappa shape index (κ3) is 9.88. The van der Waals surface area contributed by atoms with E-state index in [2.05, 4.69) is 33.0 Å². The summed E-state index contributed by atoms with van der Waals surface area (Å²) in [7, 11) is 0. The van der Waals surface area contributed by atoms with Crippen molar-refractivity contribution in [3.05, 3.63) is 0 Å². The third-order valence-electron chi connectivity index (χ3n) is 2.35. The quantitative estimate of drug-likeness (QED) is 0.570. The third-order valence-corrected chi connectivity index (χ3v) is 2.35. The van der Waals surface area contributed by atoms with Crippen molar-refractivity contribution in [2.45, 2.75) is 65.8 Å². The molecule has 1 heteroatoms. The zero-order valence-electron chi connectivity index (χ0n) is 9.90. The summed E-state index contributed by atoms with van der Waals surface area (Å²) in [6, 6.07) is 0.696. The molecule has 0 aromatic carbocycles. The lowest BCUT2D eigenvalue weighted by molar-refractivity contribution is 0.435. The summed E-state index contributed by atoms with van der Waals surface area (Å²) in [5.41, 5.74) is 0. The zero-order valence-corrected chi connectivity index (χ0v) is 9.90. The molecule has 1 nitrogen and oxygen atoms in total. The highest BCUT2D eigenvalue weighted by Crippen LogP contribution is 2.04. The Morgan fingerprint density at radius 2 is 1.69 bits per heavy atom. The van der Waals surface area contributed by atoms with Gasteiger partial charge in [-0.15, -0.1) is 0 Å². The van der Waals surface area contributed by atoms with E-state index in [-0.39, 0.29) is 0 Å². The topological polar surface area (TPSA) is 12.0 Å². The van der Waals surface area contributed by atoms with Crippen molar-refractivity contribution in [1.29, 1.82) is 0 Å². The number of unbranched alkanes of at least 4 members (excludes halogenated alkanes) is 3. The van der Waals surface area contributed by atoms with E-state index in [1.807, 2.05) is 0 Å². The van der Waals surface area contributed by atoms with Crippen LogP contribution in [0.25, 0.3) is 0 Å². The molecule has 1 N–H and O–H groups in total. The minimum Gasteiger partial charge on any atom is -0.314 e. The van der Waals surface area contributed by atoms with Crippen molar-refractivity contribution in [2.24, 2.45) is 5.92 Å². The first-order valence-corrected chi connectivity index (χ1v) is 5.90. The highest BCUT2D eigenvalue weighted by Gasteiger charge is 2.02. The molecule has 0 bridgehead atoms. The Kier molecular flexibility index (Phi) is 8.53. The largest absolute Gasteiger partial charge is 0.314 e. The highest BCUT2D eigenvalue weighted by atomic mass is 14.9. The van der Waals surface area contributed by atoms with Crippen molar-refractivity contribution >= 4 is 0 Å². The van der Waals surface area contributed by atoms with Gasteiger partial charge >= 0.3 is 0 Å². The van der Waals surface area contributed by atoms with E-state index in [0.29, 0.717) is 6.04 Å². The lowest BCUT2D eigenvalue weighted by atomic mass is 10.1. The monoisotopic (exact) mass is 185 g/mol. The summed E-state index contributed by atoms with van der Waals surface area (Å²) in [4.78, 5) is 0. The fraction of sp³-hybridized carbons (Fsp3) is 1.00. The minimum absolute atomic E-state index is 0.696. The Bertz CT molecular complexity index is 99.3. The lowest BCUT2D eigenvalue weighted by Crippen LogP contribution is -2.28. The predicted octanol–water partition coefficient (Wildman–Crippen LogP) is 3.59. The summed E-state index contributed by atoms with van der Waals surface area (Å²) < 4.78 is 0. The van der Waals surface area contributed by atoms with Gasteiger partial charge in [-0.1, -0.05) is 40.0 Å². The van der Waals surface area contributed by atoms with Gasteiger partial charge in [-0.3, -0.25) is 0 Å². The molecule has 0 saturated heterocycles. The molecule has 80 valence electrons. The van der Waals surface area contributed by atoms with Crippen LogP contribution in [0.2, 0.25) is 0 Å². The molecule has 0 fully saturated rings. The van der Waals surface area contributed by atoms with E-state index in [1.165, 1.54) is 38.6 Å². The molecule has 0 rings (SSSR count). The Morgan fingerprint density at radius 1 is 1.00 bits per heavy atom. The second kappa shape index (κ2) is 8.55. The van der Waals surface area contributed by atoms with Gasteiger partial charge in [0.2, 0.25) is 0 Å². The standard InChI is InChI=1S/C12H27N/c1-5-6-7-8-9-13-12(4)10-11(2)3/h11-13H,5-10H2,1-4H3. The number of hydrogen-bond acceptors (Lipinski definition) is 1. The average Bonchev–Trinajstić information content (AvgIpc) is 2.02. The second-order valence-corrected chi connectivity index (χ2v) is 4.55. The van der Waals surface area contributed by atoms with Crippen molar-refractivity contribution in [3.8, 4) is 0 Å². The fourth-order valence-electron chi connectivity index (χ4n) is 1.69. The molecule has 1 unspecified atom stereocenters. The molecule has 13 heavy (non-hydrogen) atoms. The normalized spacial score (nSPS) is 13.6. The Hall–Kier alpha value is -0.0400. The van der Waals surface area contributed by atoms with Crippen LogP contribution in [0.3, 0.4) is 0 Å². The number of nitrogens with one attached hydrogen (secondary N) is 1. The molecule has 0 heterocycles. The van der Waals surface area contributed by atoms with Gasteiger partial charge in [0.15, 0.2) is 0 Å².